The van der Waals surface area contributed by atoms with E-state index in [1.165, 1.54) is 0 Å². The van der Waals surface area contributed by atoms with Crippen LogP contribution in [0.3, 0.4) is 0 Å². The van der Waals surface area contributed by atoms with Crippen LogP contribution in [0, 0.1) is 0 Å². The molecule has 6 heteroatoms. The highest BCUT2D eigenvalue weighted by molar-refractivity contribution is 14.0. The Bertz CT molecular complexity index is 425. The van der Waals surface area contributed by atoms with Crippen molar-refractivity contribution < 1.29 is 9.47 Å². The Balaban J connectivity index is 0.00000361. The second-order valence-electron chi connectivity index (χ2n) is 4.04. The van der Waals surface area contributed by atoms with Crippen LogP contribution in [0.1, 0.15) is 18.9 Å². The van der Waals surface area contributed by atoms with Gasteiger partial charge in [0.1, 0.15) is 0 Å². The maximum atomic E-state index is 5.28. The first-order chi connectivity index (χ1) is 9.24. The number of hydrogen-bond acceptors (Lipinski definition) is 3. The summed E-state index contributed by atoms with van der Waals surface area (Å²) in [5.41, 5.74) is 1.11. The van der Waals surface area contributed by atoms with Crippen LogP contribution >= 0.6 is 24.0 Å². The molecule has 0 saturated carbocycles. The number of rotatable bonds is 6. The van der Waals surface area contributed by atoms with Gasteiger partial charge in [-0.15, -0.1) is 24.0 Å². The number of methoxy groups -OCH3 is 2. The van der Waals surface area contributed by atoms with E-state index >= 15 is 0 Å². The number of guanidine groups is 1. The van der Waals surface area contributed by atoms with Gasteiger partial charge >= 0.3 is 0 Å². The van der Waals surface area contributed by atoms with Gasteiger partial charge in [-0.05, 0) is 24.1 Å². The monoisotopic (exact) mass is 393 g/mol. The lowest BCUT2D eigenvalue weighted by molar-refractivity contribution is 0.354. The van der Waals surface area contributed by atoms with E-state index in [1.807, 2.05) is 18.2 Å². The van der Waals surface area contributed by atoms with Crippen molar-refractivity contribution in [3.63, 3.8) is 0 Å². The lowest BCUT2D eigenvalue weighted by atomic mass is 10.2. The molecule has 0 unspecified atom stereocenters. The third-order valence-corrected chi connectivity index (χ3v) is 2.67. The number of hydrogen-bond donors (Lipinski definition) is 2. The minimum Gasteiger partial charge on any atom is -0.493 e. The highest BCUT2D eigenvalue weighted by Crippen LogP contribution is 2.27. The lowest BCUT2D eigenvalue weighted by Gasteiger charge is -2.13. The van der Waals surface area contributed by atoms with E-state index in [1.54, 1.807) is 21.3 Å². The van der Waals surface area contributed by atoms with Crippen LogP contribution < -0.4 is 20.1 Å². The molecule has 0 aromatic heterocycles. The first-order valence-electron chi connectivity index (χ1n) is 6.40. The molecule has 1 rings (SSSR count). The Morgan fingerprint density at radius 2 is 1.85 bits per heavy atom. The molecule has 1 aromatic carbocycles. The van der Waals surface area contributed by atoms with Crippen molar-refractivity contribution >= 4 is 29.9 Å². The van der Waals surface area contributed by atoms with Gasteiger partial charge in [0.15, 0.2) is 17.5 Å². The van der Waals surface area contributed by atoms with Crippen LogP contribution in [0.4, 0.5) is 0 Å². The summed E-state index contributed by atoms with van der Waals surface area (Å²) < 4.78 is 10.5. The lowest BCUT2D eigenvalue weighted by Crippen LogP contribution is -2.37. The molecule has 0 atom stereocenters. The fourth-order valence-corrected chi connectivity index (χ4v) is 1.64. The molecule has 0 spiro atoms. The zero-order valence-corrected chi connectivity index (χ0v) is 14.9. The number of benzene rings is 1. The third kappa shape index (κ3) is 5.85. The standard InChI is InChI=1S/C14H23N3O2.HI/c1-5-8-16-14(15-2)17-10-11-6-7-12(18-3)13(9-11)19-4;/h6-7,9H,5,8,10H2,1-4H3,(H2,15,16,17);1H. The Kier molecular flexibility index (Phi) is 9.96. The van der Waals surface area contributed by atoms with E-state index in [2.05, 4.69) is 22.5 Å². The van der Waals surface area contributed by atoms with Crippen molar-refractivity contribution in [1.29, 1.82) is 0 Å². The second kappa shape index (κ2) is 10.6. The highest BCUT2D eigenvalue weighted by atomic mass is 127. The van der Waals surface area contributed by atoms with Gasteiger partial charge in [-0.1, -0.05) is 13.0 Å². The molecule has 0 aliphatic heterocycles. The molecule has 0 amide bonds. The number of nitrogens with one attached hydrogen (secondary N) is 2. The summed E-state index contributed by atoms with van der Waals surface area (Å²) >= 11 is 0. The molecule has 0 saturated heterocycles. The summed E-state index contributed by atoms with van der Waals surface area (Å²) in [6, 6.07) is 5.86. The summed E-state index contributed by atoms with van der Waals surface area (Å²) in [4.78, 5) is 4.16. The second-order valence-corrected chi connectivity index (χ2v) is 4.04. The summed E-state index contributed by atoms with van der Waals surface area (Å²) in [6.45, 7) is 3.71. The number of halogens is 1. The molecule has 0 radical (unpaired) electrons. The molecule has 2 N–H and O–H groups in total. The van der Waals surface area contributed by atoms with E-state index in [0.717, 1.165) is 36.0 Å². The molecule has 0 fully saturated rings. The molecule has 5 nitrogen and oxygen atoms in total. The normalized spacial score (nSPS) is 10.5. The van der Waals surface area contributed by atoms with Crippen LogP contribution in [0.15, 0.2) is 23.2 Å². The average Bonchev–Trinajstić information content (AvgIpc) is 2.47. The van der Waals surface area contributed by atoms with Crippen LogP contribution in [-0.2, 0) is 6.54 Å². The van der Waals surface area contributed by atoms with Gasteiger partial charge in [-0.25, -0.2) is 0 Å². The molecule has 0 bridgehead atoms. The van der Waals surface area contributed by atoms with Gasteiger partial charge in [-0.3, -0.25) is 4.99 Å². The molecule has 20 heavy (non-hydrogen) atoms. The van der Waals surface area contributed by atoms with E-state index in [4.69, 9.17) is 9.47 Å². The largest absolute Gasteiger partial charge is 0.493 e. The number of ether oxygens (including phenoxy) is 2. The van der Waals surface area contributed by atoms with E-state index in [9.17, 15) is 0 Å². The van der Waals surface area contributed by atoms with Crippen LogP contribution in [0.2, 0.25) is 0 Å². The van der Waals surface area contributed by atoms with E-state index in [-0.39, 0.29) is 24.0 Å². The third-order valence-electron chi connectivity index (χ3n) is 2.67. The van der Waals surface area contributed by atoms with Crippen molar-refractivity contribution in [3.05, 3.63) is 23.8 Å². The zero-order chi connectivity index (χ0) is 14.1. The SMILES string of the molecule is CCCNC(=NC)NCc1ccc(OC)c(OC)c1.I. The minimum absolute atomic E-state index is 0. The van der Waals surface area contributed by atoms with Gasteiger partial charge in [0.25, 0.3) is 0 Å². The van der Waals surface area contributed by atoms with Gasteiger partial charge < -0.3 is 20.1 Å². The van der Waals surface area contributed by atoms with Crippen molar-refractivity contribution in [2.75, 3.05) is 27.8 Å². The molecular formula is C14H24IN3O2. The van der Waals surface area contributed by atoms with Crippen LogP contribution in [0.25, 0.3) is 0 Å². The highest BCUT2D eigenvalue weighted by Gasteiger charge is 2.05. The van der Waals surface area contributed by atoms with E-state index < -0.39 is 0 Å². The Morgan fingerprint density at radius 3 is 2.40 bits per heavy atom. The summed E-state index contributed by atoms with van der Waals surface area (Å²) in [5, 5.41) is 6.48. The average molecular weight is 393 g/mol. The molecule has 0 heterocycles. The summed E-state index contributed by atoms with van der Waals surface area (Å²) in [6.07, 6.45) is 1.07. The predicted molar refractivity (Wildman–Crippen MR) is 93.5 cm³/mol. The maximum absolute atomic E-state index is 5.28. The van der Waals surface area contributed by atoms with Gasteiger partial charge in [0.05, 0.1) is 14.2 Å². The predicted octanol–water partition coefficient (Wildman–Crippen LogP) is 2.40. The van der Waals surface area contributed by atoms with E-state index in [0.29, 0.717) is 6.54 Å². The Morgan fingerprint density at radius 1 is 1.15 bits per heavy atom. The van der Waals surface area contributed by atoms with Crippen molar-refractivity contribution in [1.82, 2.24) is 10.6 Å². The smallest absolute Gasteiger partial charge is 0.191 e. The Labute approximate surface area is 138 Å². The zero-order valence-electron chi connectivity index (χ0n) is 12.5. The number of aliphatic imine (C=N–C) groups is 1. The van der Waals surface area contributed by atoms with Crippen molar-refractivity contribution in [2.45, 2.75) is 19.9 Å². The first-order valence-corrected chi connectivity index (χ1v) is 6.40. The summed E-state index contributed by atoms with van der Waals surface area (Å²) in [5.74, 6) is 2.27. The van der Waals surface area contributed by atoms with Crippen LogP contribution in [-0.4, -0.2) is 33.8 Å². The number of nitrogens with zero attached hydrogens (tertiary/aromatic N) is 1. The van der Waals surface area contributed by atoms with Crippen molar-refractivity contribution in [2.24, 2.45) is 4.99 Å². The first kappa shape index (κ1) is 18.8. The molecule has 0 aliphatic carbocycles. The fraction of sp³-hybridized carbons (Fsp3) is 0.500. The molecular weight excluding hydrogens is 369 g/mol. The maximum Gasteiger partial charge on any atom is 0.191 e. The quantitative estimate of drug-likeness (QED) is 0.443. The van der Waals surface area contributed by atoms with Crippen LogP contribution in [0.5, 0.6) is 11.5 Å². The van der Waals surface area contributed by atoms with Gasteiger partial charge in [-0.2, -0.15) is 0 Å². The van der Waals surface area contributed by atoms with Crippen molar-refractivity contribution in [3.8, 4) is 11.5 Å². The summed E-state index contributed by atoms with van der Waals surface area (Å²) in [7, 11) is 5.03. The minimum atomic E-state index is 0. The fourth-order valence-electron chi connectivity index (χ4n) is 1.64. The van der Waals surface area contributed by atoms with Gasteiger partial charge in [0.2, 0.25) is 0 Å². The van der Waals surface area contributed by atoms with Gasteiger partial charge in [0, 0.05) is 20.1 Å². The molecule has 114 valence electrons. The Hall–Kier alpha value is -1.18. The topological polar surface area (TPSA) is 54.9 Å². The molecule has 1 aromatic rings. The molecule has 0 aliphatic rings.